The van der Waals surface area contributed by atoms with Gasteiger partial charge < -0.3 is 16.4 Å². The molecule has 7 heteroatoms. The number of nitrogen functional groups attached to an aromatic ring is 1. The van der Waals surface area contributed by atoms with Crippen LogP contribution in [-0.2, 0) is 4.79 Å². The Morgan fingerprint density at radius 1 is 1.45 bits per heavy atom. The molecule has 1 saturated carbocycles. The smallest absolute Gasteiger partial charge is 0.272 e. The summed E-state index contributed by atoms with van der Waals surface area (Å²) in [5.74, 6) is -0.0117. The van der Waals surface area contributed by atoms with Crippen LogP contribution in [0.2, 0.25) is 0 Å². The highest BCUT2D eigenvalue weighted by Gasteiger charge is 2.23. The number of anilines is 1. The maximum Gasteiger partial charge on any atom is 0.272 e. The minimum Gasteiger partial charge on any atom is -0.396 e. The number of nitrogens with one attached hydrogen (secondary N) is 2. The lowest BCUT2D eigenvalue weighted by molar-refractivity contribution is -0.120. The van der Waals surface area contributed by atoms with Crippen LogP contribution in [0.25, 0.3) is 0 Å². The topological polar surface area (TPSA) is 110 Å². The zero-order valence-electron chi connectivity index (χ0n) is 11.6. The number of amides is 2. The number of hydrogen-bond donors (Lipinski definition) is 3. The van der Waals surface area contributed by atoms with Crippen molar-refractivity contribution in [3.63, 3.8) is 0 Å². The molecule has 0 unspecified atom stereocenters. The average molecular weight is 277 g/mol. The molecule has 4 N–H and O–H groups in total. The summed E-state index contributed by atoms with van der Waals surface area (Å²) < 4.78 is 0. The number of hydrogen-bond acceptors (Lipinski definition) is 5. The Labute approximate surface area is 117 Å². The third kappa shape index (κ3) is 3.66. The fourth-order valence-corrected chi connectivity index (χ4v) is 1.62. The second-order valence-corrected chi connectivity index (χ2v) is 5.21. The van der Waals surface area contributed by atoms with Gasteiger partial charge in [0, 0.05) is 12.0 Å². The molecule has 0 spiro atoms. The summed E-state index contributed by atoms with van der Waals surface area (Å²) in [6.07, 6.45) is 3.44. The third-order valence-electron chi connectivity index (χ3n) is 2.92. The summed E-state index contributed by atoms with van der Waals surface area (Å²) in [6.45, 7) is 3.78. The molecule has 2 amide bonds. The van der Waals surface area contributed by atoms with Gasteiger partial charge in [-0.25, -0.2) is 9.97 Å². The summed E-state index contributed by atoms with van der Waals surface area (Å²) in [7, 11) is 0. The van der Waals surface area contributed by atoms with Crippen LogP contribution in [0.3, 0.4) is 0 Å². The standard InChI is InChI=1S/C13H19N5O2/c1-7(2)12-15-5-9(14)11(18-12)13(20)16-6-10(19)17-8-3-4-8/h5,7-8H,3-4,6,14H2,1-2H3,(H,16,20)(H,17,19). The number of carbonyl (C=O) groups is 2. The lowest BCUT2D eigenvalue weighted by Gasteiger charge is -2.09. The van der Waals surface area contributed by atoms with Gasteiger partial charge in [-0.1, -0.05) is 13.8 Å². The molecule has 108 valence electrons. The zero-order chi connectivity index (χ0) is 14.7. The van der Waals surface area contributed by atoms with E-state index < -0.39 is 5.91 Å². The SMILES string of the molecule is CC(C)c1ncc(N)c(C(=O)NCC(=O)NC2CC2)n1. The second-order valence-electron chi connectivity index (χ2n) is 5.21. The Morgan fingerprint density at radius 2 is 2.15 bits per heavy atom. The van der Waals surface area contributed by atoms with E-state index in [2.05, 4.69) is 20.6 Å². The van der Waals surface area contributed by atoms with E-state index in [1.807, 2.05) is 13.8 Å². The first-order chi connectivity index (χ1) is 9.47. The van der Waals surface area contributed by atoms with Gasteiger partial charge in [-0.2, -0.15) is 0 Å². The van der Waals surface area contributed by atoms with E-state index in [0.717, 1.165) is 12.8 Å². The summed E-state index contributed by atoms with van der Waals surface area (Å²) in [6, 6.07) is 0.274. The van der Waals surface area contributed by atoms with Crippen molar-refractivity contribution in [3.05, 3.63) is 17.7 Å². The molecule has 0 atom stereocenters. The predicted molar refractivity (Wildman–Crippen MR) is 74.0 cm³/mol. The summed E-state index contributed by atoms with van der Waals surface area (Å²) in [5, 5.41) is 5.30. The minimum atomic E-state index is -0.460. The lowest BCUT2D eigenvalue weighted by Crippen LogP contribution is -2.38. The maximum absolute atomic E-state index is 12.0. The van der Waals surface area contributed by atoms with Crippen LogP contribution in [-0.4, -0.2) is 34.4 Å². The van der Waals surface area contributed by atoms with Crippen molar-refractivity contribution in [3.8, 4) is 0 Å². The van der Waals surface area contributed by atoms with Crippen molar-refractivity contribution in [2.45, 2.75) is 38.6 Å². The highest BCUT2D eigenvalue weighted by atomic mass is 16.2. The quantitative estimate of drug-likeness (QED) is 0.711. The van der Waals surface area contributed by atoms with Gasteiger partial charge in [-0.3, -0.25) is 9.59 Å². The van der Waals surface area contributed by atoms with E-state index in [9.17, 15) is 9.59 Å². The first-order valence-corrected chi connectivity index (χ1v) is 6.67. The number of nitrogens with zero attached hydrogens (tertiary/aromatic N) is 2. The molecular formula is C13H19N5O2. The molecule has 1 aliphatic carbocycles. The molecule has 1 aromatic rings. The monoisotopic (exact) mass is 277 g/mol. The van der Waals surface area contributed by atoms with Crippen molar-refractivity contribution in [2.24, 2.45) is 0 Å². The van der Waals surface area contributed by atoms with Gasteiger partial charge in [0.2, 0.25) is 5.91 Å². The number of carbonyl (C=O) groups excluding carboxylic acids is 2. The molecule has 1 aromatic heterocycles. The highest BCUT2D eigenvalue weighted by Crippen LogP contribution is 2.18. The van der Waals surface area contributed by atoms with Crippen molar-refractivity contribution in [2.75, 3.05) is 12.3 Å². The van der Waals surface area contributed by atoms with Gasteiger partial charge in [-0.15, -0.1) is 0 Å². The molecule has 20 heavy (non-hydrogen) atoms. The molecule has 0 radical (unpaired) electrons. The van der Waals surface area contributed by atoms with Gasteiger partial charge in [0.15, 0.2) is 5.69 Å². The Hall–Kier alpha value is -2.18. The Bertz CT molecular complexity index is 525. The molecule has 7 nitrogen and oxygen atoms in total. The zero-order valence-corrected chi connectivity index (χ0v) is 11.6. The molecular weight excluding hydrogens is 258 g/mol. The molecule has 1 heterocycles. The predicted octanol–water partition coefficient (Wildman–Crippen LogP) is 0.191. The average Bonchev–Trinajstić information content (AvgIpc) is 3.20. The summed E-state index contributed by atoms with van der Waals surface area (Å²) in [5.41, 5.74) is 6.02. The third-order valence-corrected chi connectivity index (χ3v) is 2.92. The normalized spacial score (nSPS) is 14.2. The van der Waals surface area contributed by atoms with E-state index in [1.54, 1.807) is 0 Å². The Morgan fingerprint density at radius 3 is 2.75 bits per heavy atom. The first kappa shape index (κ1) is 14.2. The van der Waals surface area contributed by atoms with Crippen LogP contribution in [0.4, 0.5) is 5.69 Å². The Kier molecular flexibility index (Phi) is 4.16. The molecule has 0 bridgehead atoms. The van der Waals surface area contributed by atoms with Crippen molar-refractivity contribution >= 4 is 17.5 Å². The first-order valence-electron chi connectivity index (χ1n) is 6.67. The van der Waals surface area contributed by atoms with E-state index in [1.165, 1.54) is 6.20 Å². The van der Waals surface area contributed by atoms with Crippen molar-refractivity contribution in [1.82, 2.24) is 20.6 Å². The van der Waals surface area contributed by atoms with Gasteiger partial charge in [0.05, 0.1) is 18.4 Å². The van der Waals surface area contributed by atoms with Crippen LogP contribution in [0.1, 0.15) is 48.9 Å². The number of rotatable bonds is 5. The summed E-state index contributed by atoms with van der Waals surface area (Å²) in [4.78, 5) is 31.7. The van der Waals surface area contributed by atoms with E-state index in [-0.39, 0.29) is 35.8 Å². The van der Waals surface area contributed by atoms with Crippen LogP contribution < -0.4 is 16.4 Å². The minimum absolute atomic E-state index is 0.0736. The van der Waals surface area contributed by atoms with Crippen molar-refractivity contribution in [1.29, 1.82) is 0 Å². The van der Waals surface area contributed by atoms with Gasteiger partial charge in [0.25, 0.3) is 5.91 Å². The van der Waals surface area contributed by atoms with Gasteiger partial charge >= 0.3 is 0 Å². The highest BCUT2D eigenvalue weighted by molar-refractivity contribution is 5.98. The molecule has 0 saturated heterocycles. The molecule has 0 aliphatic heterocycles. The van der Waals surface area contributed by atoms with Crippen LogP contribution in [0.15, 0.2) is 6.20 Å². The van der Waals surface area contributed by atoms with E-state index in [4.69, 9.17) is 5.73 Å². The van der Waals surface area contributed by atoms with Gasteiger partial charge in [0.1, 0.15) is 5.82 Å². The molecule has 0 aromatic carbocycles. The fourth-order valence-electron chi connectivity index (χ4n) is 1.62. The number of aromatic nitrogens is 2. The lowest BCUT2D eigenvalue weighted by atomic mass is 10.2. The van der Waals surface area contributed by atoms with E-state index in [0.29, 0.717) is 5.82 Å². The van der Waals surface area contributed by atoms with Crippen molar-refractivity contribution < 1.29 is 9.59 Å². The maximum atomic E-state index is 12.0. The fraction of sp³-hybridized carbons (Fsp3) is 0.538. The Balaban J connectivity index is 1.96. The molecule has 2 rings (SSSR count). The second kappa shape index (κ2) is 5.85. The summed E-state index contributed by atoms with van der Waals surface area (Å²) >= 11 is 0. The van der Waals surface area contributed by atoms with E-state index >= 15 is 0 Å². The van der Waals surface area contributed by atoms with Crippen LogP contribution >= 0.6 is 0 Å². The molecule has 1 fully saturated rings. The molecule has 1 aliphatic rings. The van der Waals surface area contributed by atoms with Crippen LogP contribution in [0.5, 0.6) is 0 Å². The van der Waals surface area contributed by atoms with Crippen LogP contribution in [0, 0.1) is 0 Å². The number of nitrogens with two attached hydrogens (primary N) is 1. The van der Waals surface area contributed by atoms with Gasteiger partial charge in [-0.05, 0) is 12.8 Å². The largest absolute Gasteiger partial charge is 0.396 e.